The molecule has 0 fully saturated rings. The summed E-state index contributed by atoms with van der Waals surface area (Å²) in [5.41, 5.74) is 4.65. The first-order valence-corrected chi connectivity index (χ1v) is 6.39. The Morgan fingerprint density at radius 3 is 3.16 bits per heavy atom. The van der Waals surface area contributed by atoms with Gasteiger partial charge < -0.3 is 5.32 Å². The van der Waals surface area contributed by atoms with E-state index in [-0.39, 0.29) is 0 Å². The molecule has 0 radical (unpaired) electrons. The summed E-state index contributed by atoms with van der Waals surface area (Å²) in [5.74, 6) is 0.866. The highest BCUT2D eigenvalue weighted by Crippen LogP contribution is 2.23. The predicted molar refractivity (Wildman–Crippen MR) is 71.6 cm³/mol. The Hall–Kier alpha value is -2.27. The minimum atomic E-state index is 0.772. The van der Waals surface area contributed by atoms with Gasteiger partial charge in [-0.05, 0) is 30.2 Å². The van der Waals surface area contributed by atoms with E-state index in [1.807, 2.05) is 10.6 Å². The van der Waals surface area contributed by atoms with Crippen LogP contribution in [-0.2, 0) is 13.0 Å². The Morgan fingerprint density at radius 2 is 2.16 bits per heavy atom. The lowest BCUT2D eigenvalue weighted by atomic mass is 9.98. The van der Waals surface area contributed by atoms with E-state index in [9.17, 15) is 0 Å². The van der Waals surface area contributed by atoms with E-state index < -0.39 is 0 Å². The highest BCUT2D eigenvalue weighted by Gasteiger charge is 2.12. The topological polar surface area (TPSA) is 55.1 Å². The predicted octanol–water partition coefficient (Wildman–Crippen LogP) is 1.44. The van der Waals surface area contributed by atoms with Crippen molar-refractivity contribution in [2.24, 2.45) is 0 Å². The van der Waals surface area contributed by atoms with Crippen LogP contribution in [0.1, 0.15) is 11.1 Å². The molecule has 2 aromatic heterocycles. The molecule has 1 aliphatic rings. The molecule has 1 aliphatic heterocycles. The monoisotopic (exact) mass is 251 g/mol. The molecule has 0 unspecified atom stereocenters. The molecule has 0 spiro atoms. The van der Waals surface area contributed by atoms with E-state index in [0.717, 1.165) is 36.5 Å². The van der Waals surface area contributed by atoms with E-state index in [2.05, 4.69) is 38.7 Å². The Morgan fingerprint density at radius 1 is 1.16 bits per heavy atom. The van der Waals surface area contributed by atoms with Gasteiger partial charge in [0.15, 0.2) is 11.5 Å². The van der Waals surface area contributed by atoms with Crippen LogP contribution in [0.3, 0.4) is 0 Å². The second-order valence-corrected chi connectivity index (χ2v) is 4.74. The van der Waals surface area contributed by atoms with Crippen molar-refractivity contribution < 1.29 is 0 Å². The molecule has 0 atom stereocenters. The van der Waals surface area contributed by atoms with Crippen LogP contribution in [0.4, 0.5) is 0 Å². The van der Waals surface area contributed by atoms with Gasteiger partial charge in [-0.2, -0.15) is 0 Å². The quantitative estimate of drug-likeness (QED) is 0.711. The average molecular weight is 251 g/mol. The Kier molecular flexibility index (Phi) is 2.31. The maximum Gasteiger partial charge on any atom is 0.179 e. The smallest absolute Gasteiger partial charge is 0.179 e. The van der Waals surface area contributed by atoms with Gasteiger partial charge in [0, 0.05) is 24.5 Å². The van der Waals surface area contributed by atoms with E-state index in [1.165, 1.54) is 11.1 Å². The molecule has 0 saturated carbocycles. The van der Waals surface area contributed by atoms with E-state index >= 15 is 0 Å². The zero-order valence-corrected chi connectivity index (χ0v) is 10.4. The van der Waals surface area contributed by atoms with Gasteiger partial charge in [0.1, 0.15) is 0 Å². The van der Waals surface area contributed by atoms with Crippen LogP contribution >= 0.6 is 0 Å². The minimum absolute atomic E-state index is 0.772. The van der Waals surface area contributed by atoms with Crippen molar-refractivity contribution >= 4 is 5.65 Å². The van der Waals surface area contributed by atoms with Gasteiger partial charge in [-0.15, -0.1) is 10.2 Å². The van der Waals surface area contributed by atoms with Crippen LogP contribution in [0.5, 0.6) is 0 Å². The van der Waals surface area contributed by atoms with Gasteiger partial charge >= 0.3 is 0 Å². The summed E-state index contributed by atoms with van der Waals surface area (Å²) in [6.45, 7) is 1.99. The Bertz CT molecular complexity index is 746. The molecule has 0 bridgehead atoms. The minimum Gasteiger partial charge on any atom is -0.312 e. The molecule has 0 amide bonds. The summed E-state index contributed by atoms with van der Waals surface area (Å²) < 4.78 is 1.96. The first-order chi connectivity index (χ1) is 9.42. The molecule has 5 heteroatoms. The van der Waals surface area contributed by atoms with Gasteiger partial charge in [-0.1, -0.05) is 12.1 Å². The highest BCUT2D eigenvalue weighted by atomic mass is 15.2. The van der Waals surface area contributed by atoms with Crippen LogP contribution in [0, 0.1) is 0 Å². The molecule has 94 valence electrons. The first kappa shape index (κ1) is 10.6. The summed E-state index contributed by atoms with van der Waals surface area (Å²) in [4.78, 5) is 4.06. The third-order valence-electron chi connectivity index (χ3n) is 3.57. The number of fused-ring (bicyclic) bond motifs is 2. The Labute approximate surface area is 110 Å². The summed E-state index contributed by atoms with van der Waals surface area (Å²) in [6, 6.07) is 6.53. The lowest BCUT2D eigenvalue weighted by Crippen LogP contribution is -2.23. The fourth-order valence-corrected chi connectivity index (χ4v) is 2.57. The van der Waals surface area contributed by atoms with Gasteiger partial charge in [0.25, 0.3) is 0 Å². The lowest BCUT2D eigenvalue weighted by molar-refractivity contribution is 0.644. The zero-order valence-electron chi connectivity index (χ0n) is 10.4. The van der Waals surface area contributed by atoms with Crippen molar-refractivity contribution in [1.82, 2.24) is 24.9 Å². The second kappa shape index (κ2) is 4.13. The molecule has 0 saturated heterocycles. The SMILES string of the molecule is c1cn2c(-c3ccc4c(c3)CNCC4)nnc2cn1. The van der Waals surface area contributed by atoms with Crippen molar-refractivity contribution in [3.63, 3.8) is 0 Å². The summed E-state index contributed by atoms with van der Waals surface area (Å²) in [7, 11) is 0. The van der Waals surface area contributed by atoms with Crippen LogP contribution in [0.15, 0.2) is 36.8 Å². The van der Waals surface area contributed by atoms with Crippen LogP contribution in [0.2, 0.25) is 0 Å². The van der Waals surface area contributed by atoms with Crippen molar-refractivity contribution in [2.45, 2.75) is 13.0 Å². The third-order valence-corrected chi connectivity index (χ3v) is 3.57. The highest BCUT2D eigenvalue weighted by molar-refractivity contribution is 5.61. The number of nitrogens with zero attached hydrogens (tertiary/aromatic N) is 4. The van der Waals surface area contributed by atoms with Gasteiger partial charge in [0.05, 0.1) is 6.20 Å². The summed E-state index contributed by atoms with van der Waals surface area (Å²) in [6.07, 6.45) is 6.46. The molecule has 1 aromatic carbocycles. The average Bonchev–Trinajstić information content (AvgIpc) is 2.91. The molecular formula is C14H13N5. The molecule has 3 aromatic rings. The van der Waals surface area contributed by atoms with Gasteiger partial charge in [-0.3, -0.25) is 9.38 Å². The van der Waals surface area contributed by atoms with E-state index in [1.54, 1.807) is 12.4 Å². The summed E-state index contributed by atoms with van der Waals surface area (Å²) >= 11 is 0. The molecule has 19 heavy (non-hydrogen) atoms. The second-order valence-electron chi connectivity index (χ2n) is 4.74. The van der Waals surface area contributed by atoms with Crippen LogP contribution < -0.4 is 5.32 Å². The molecule has 4 rings (SSSR count). The number of benzene rings is 1. The molecule has 5 nitrogen and oxygen atoms in total. The van der Waals surface area contributed by atoms with Crippen molar-refractivity contribution in [1.29, 1.82) is 0 Å². The maximum absolute atomic E-state index is 4.27. The number of rotatable bonds is 1. The third kappa shape index (κ3) is 1.70. The molecule has 1 N–H and O–H groups in total. The maximum atomic E-state index is 4.27. The Balaban J connectivity index is 1.88. The van der Waals surface area contributed by atoms with E-state index in [0.29, 0.717) is 0 Å². The largest absolute Gasteiger partial charge is 0.312 e. The fraction of sp³-hybridized carbons (Fsp3) is 0.214. The summed E-state index contributed by atoms with van der Waals surface area (Å²) in [5, 5.41) is 11.8. The van der Waals surface area contributed by atoms with Gasteiger partial charge in [0.2, 0.25) is 0 Å². The van der Waals surface area contributed by atoms with Gasteiger partial charge in [-0.25, -0.2) is 0 Å². The number of nitrogens with one attached hydrogen (secondary N) is 1. The molecule has 0 aliphatic carbocycles. The van der Waals surface area contributed by atoms with Crippen molar-refractivity contribution in [3.05, 3.63) is 47.9 Å². The normalized spacial score (nSPS) is 14.5. The molecule has 3 heterocycles. The fourth-order valence-electron chi connectivity index (χ4n) is 2.57. The number of aromatic nitrogens is 4. The van der Waals surface area contributed by atoms with Crippen LogP contribution in [-0.4, -0.2) is 26.1 Å². The zero-order chi connectivity index (χ0) is 12.7. The first-order valence-electron chi connectivity index (χ1n) is 6.39. The standard InChI is InChI=1S/C14H13N5/c1-2-11(7-12-8-15-4-3-10(1)12)14-18-17-13-9-16-5-6-19(13)14/h1-2,5-7,9,15H,3-4,8H2. The lowest BCUT2D eigenvalue weighted by Gasteiger charge is -2.17. The van der Waals surface area contributed by atoms with E-state index in [4.69, 9.17) is 0 Å². The number of hydrogen-bond acceptors (Lipinski definition) is 4. The number of hydrogen-bond donors (Lipinski definition) is 1. The van der Waals surface area contributed by atoms with Crippen molar-refractivity contribution in [3.8, 4) is 11.4 Å². The van der Waals surface area contributed by atoms with Crippen molar-refractivity contribution in [2.75, 3.05) is 6.54 Å². The molecular weight excluding hydrogens is 238 g/mol. The van der Waals surface area contributed by atoms with Crippen LogP contribution in [0.25, 0.3) is 17.0 Å².